The molecule has 0 bridgehead atoms. The zero-order valence-corrected chi connectivity index (χ0v) is 14.2. The Bertz CT molecular complexity index is 279. The van der Waals surface area contributed by atoms with Gasteiger partial charge in [-0.25, -0.2) is 0 Å². The van der Waals surface area contributed by atoms with E-state index in [1.54, 1.807) is 0 Å². The lowest BCUT2D eigenvalue weighted by molar-refractivity contribution is 0.0221. The molecule has 1 N–H and O–H groups in total. The summed E-state index contributed by atoms with van der Waals surface area (Å²) in [7, 11) is 0. The SMILES string of the molecule is CCCNC1CCCCCC1N1CC(C)CC(C)C1C. The van der Waals surface area contributed by atoms with E-state index in [-0.39, 0.29) is 0 Å². The first-order valence-corrected chi connectivity index (χ1v) is 9.12. The fourth-order valence-electron chi connectivity index (χ4n) is 4.45. The molecule has 2 heteroatoms. The summed E-state index contributed by atoms with van der Waals surface area (Å²) in [5, 5.41) is 3.87. The van der Waals surface area contributed by atoms with Gasteiger partial charge in [-0.2, -0.15) is 0 Å². The Balaban J connectivity index is 2.07. The van der Waals surface area contributed by atoms with Gasteiger partial charge in [0.15, 0.2) is 0 Å². The molecule has 0 aromatic carbocycles. The van der Waals surface area contributed by atoms with E-state index in [1.807, 2.05) is 0 Å². The highest BCUT2D eigenvalue weighted by Crippen LogP contribution is 2.32. The van der Waals surface area contributed by atoms with Crippen molar-refractivity contribution in [2.45, 2.75) is 90.8 Å². The first-order valence-electron chi connectivity index (χ1n) is 9.12. The molecule has 1 aliphatic heterocycles. The molecule has 1 saturated carbocycles. The largest absolute Gasteiger partial charge is 0.312 e. The Morgan fingerprint density at radius 3 is 2.55 bits per heavy atom. The average molecular weight is 280 g/mol. The van der Waals surface area contributed by atoms with Crippen LogP contribution in [0.5, 0.6) is 0 Å². The molecular weight excluding hydrogens is 244 g/mol. The summed E-state index contributed by atoms with van der Waals surface area (Å²) in [6.45, 7) is 12.2. The fourth-order valence-corrected chi connectivity index (χ4v) is 4.45. The Morgan fingerprint density at radius 2 is 1.80 bits per heavy atom. The molecule has 0 aromatic heterocycles. The van der Waals surface area contributed by atoms with Crippen molar-refractivity contribution in [3.8, 4) is 0 Å². The molecule has 2 fully saturated rings. The normalized spacial score (nSPS) is 40.5. The quantitative estimate of drug-likeness (QED) is 0.781. The second kappa shape index (κ2) is 7.79. The smallest absolute Gasteiger partial charge is 0.0252 e. The molecule has 5 unspecified atom stereocenters. The third-order valence-corrected chi connectivity index (χ3v) is 5.71. The van der Waals surface area contributed by atoms with Crippen molar-refractivity contribution in [3.05, 3.63) is 0 Å². The van der Waals surface area contributed by atoms with Crippen LogP contribution in [0.1, 0.15) is 72.6 Å². The van der Waals surface area contributed by atoms with E-state index in [2.05, 4.69) is 37.9 Å². The van der Waals surface area contributed by atoms with Crippen molar-refractivity contribution in [2.24, 2.45) is 11.8 Å². The van der Waals surface area contributed by atoms with Crippen molar-refractivity contribution in [1.29, 1.82) is 0 Å². The number of rotatable bonds is 4. The molecule has 2 aliphatic rings. The topological polar surface area (TPSA) is 15.3 Å². The number of nitrogens with one attached hydrogen (secondary N) is 1. The molecule has 0 radical (unpaired) electrons. The summed E-state index contributed by atoms with van der Waals surface area (Å²) in [4.78, 5) is 2.87. The van der Waals surface area contributed by atoms with E-state index < -0.39 is 0 Å². The van der Waals surface area contributed by atoms with Crippen LogP contribution in [-0.2, 0) is 0 Å². The highest BCUT2D eigenvalue weighted by molar-refractivity contribution is 4.93. The van der Waals surface area contributed by atoms with E-state index in [0.29, 0.717) is 0 Å². The van der Waals surface area contributed by atoms with Gasteiger partial charge in [-0.1, -0.05) is 40.0 Å². The van der Waals surface area contributed by atoms with Gasteiger partial charge in [0.25, 0.3) is 0 Å². The summed E-state index contributed by atoms with van der Waals surface area (Å²) >= 11 is 0. The van der Waals surface area contributed by atoms with Crippen molar-refractivity contribution >= 4 is 0 Å². The maximum atomic E-state index is 3.87. The molecule has 20 heavy (non-hydrogen) atoms. The molecular formula is C18H36N2. The first kappa shape index (κ1) is 16.3. The van der Waals surface area contributed by atoms with Crippen LogP contribution < -0.4 is 5.32 Å². The van der Waals surface area contributed by atoms with Crippen molar-refractivity contribution in [1.82, 2.24) is 10.2 Å². The van der Waals surface area contributed by atoms with Gasteiger partial charge in [-0.05, 0) is 51.0 Å². The Hall–Kier alpha value is -0.0800. The van der Waals surface area contributed by atoms with Gasteiger partial charge in [0.05, 0.1) is 0 Å². The molecule has 5 atom stereocenters. The van der Waals surface area contributed by atoms with Crippen LogP contribution in [0.3, 0.4) is 0 Å². The molecule has 0 spiro atoms. The Labute approximate surface area is 126 Å². The van der Waals surface area contributed by atoms with Gasteiger partial charge in [-0.3, -0.25) is 4.90 Å². The van der Waals surface area contributed by atoms with E-state index in [4.69, 9.17) is 0 Å². The molecule has 2 nitrogen and oxygen atoms in total. The number of nitrogens with zero attached hydrogens (tertiary/aromatic N) is 1. The molecule has 0 amide bonds. The monoisotopic (exact) mass is 280 g/mol. The van der Waals surface area contributed by atoms with Crippen LogP contribution in [0, 0.1) is 11.8 Å². The molecule has 0 aromatic rings. The lowest BCUT2D eigenvalue weighted by Gasteiger charge is -2.47. The third kappa shape index (κ3) is 3.98. The standard InChI is InChI=1S/C18H36N2/c1-5-11-19-17-9-7-6-8-10-18(17)20-13-14(2)12-15(3)16(20)4/h14-19H,5-13H2,1-4H3. The lowest BCUT2D eigenvalue weighted by atomic mass is 9.83. The average Bonchev–Trinajstić information content (AvgIpc) is 2.65. The first-order chi connectivity index (χ1) is 9.63. The maximum absolute atomic E-state index is 3.87. The number of likely N-dealkylation sites (tertiary alicyclic amines) is 1. The molecule has 118 valence electrons. The lowest BCUT2D eigenvalue weighted by Crippen LogP contribution is -2.57. The summed E-state index contributed by atoms with van der Waals surface area (Å²) in [6, 6.07) is 2.28. The van der Waals surface area contributed by atoms with Crippen LogP contribution in [0.25, 0.3) is 0 Å². The predicted molar refractivity (Wildman–Crippen MR) is 88.1 cm³/mol. The van der Waals surface area contributed by atoms with E-state index in [0.717, 1.165) is 30.0 Å². The van der Waals surface area contributed by atoms with Crippen LogP contribution in [0.15, 0.2) is 0 Å². The second-order valence-corrected chi connectivity index (χ2v) is 7.52. The fraction of sp³-hybridized carbons (Fsp3) is 1.00. The third-order valence-electron chi connectivity index (χ3n) is 5.71. The van der Waals surface area contributed by atoms with E-state index >= 15 is 0 Å². The van der Waals surface area contributed by atoms with Crippen LogP contribution >= 0.6 is 0 Å². The number of piperidine rings is 1. The van der Waals surface area contributed by atoms with Crippen molar-refractivity contribution in [2.75, 3.05) is 13.1 Å². The van der Waals surface area contributed by atoms with Crippen molar-refractivity contribution in [3.63, 3.8) is 0 Å². The summed E-state index contributed by atoms with van der Waals surface area (Å²) in [5.74, 6) is 1.73. The highest BCUT2D eigenvalue weighted by atomic mass is 15.2. The minimum absolute atomic E-state index is 0.734. The molecule has 1 saturated heterocycles. The molecule has 2 rings (SSSR count). The minimum atomic E-state index is 0.734. The Kier molecular flexibility index (Phi) is 6.35. The highest BCUT2D eigenvalue weighted by Gasteiger charge is 2.36. The van der Waals surface area contributed by atoms with Gasteiger partial charge in [0.2, 0.25) is 0 Å². The Morgan fingerprint density at radius 1 is 1.05 bits per heavy atom. The van der Waals surface area contributed by atoms with E-state index in [1.165, 1.54) is 58.0 Å². The van der Waals surface area contributed by atoms with Gasteiger partial charge < -0.3 is 5.32 Å². The van der Waals surface area contributed by atoms with Gasteiger partial charge in [-0.15, -0.1) is 0 Å². The van der Waals surface area contributed by atoms with Gasteiger partial charge >= 0.3 is 0 Å². The van der Waals surface area contributed by atoms with Crippen molar-refractivity contribution < 1.29 is 0 Å². The maximum Gasteiger partial charge on any atom is 0.0252 e. The number of hydrogen-bond donors (Lipinski definition) is 1. The summed E-state index contributed by atoms with van der Waals surface area (Å²) in [5.41, 5.74) is 0. The predicted octanol–water partition coefficient (Wildman–Crippen LogP) is 4.05. The molecule has 1 heterocycles. The second-order valence-electron chi connectivity index (χ2n) is 7.52. The zero-order chi connectivity index (χ0) is 14.5. The minimum Gasteiger partial charge on any atom is -0.312 e. The van der Waals surface area contributed by atoms with Crippen LogP contribution in [0.4, 0.5) is 0 Å². The van der Waals surface area contributed by atoms with Gasteiger partial charge in [0, 0.05) is 24.7 Å². The zero-order valence-electron chi connectivity index (χ0n) is 14.2. The van der Waals surface area contributed by atoms with Crippen LogP contribution in [0.2, 0.25) is 0 Å². The summed E-state index contributed by atoms with van der Waals surface area (Å²) in [6.07, 6.45) is 9.76. The van der Waals surface area contributed by atoms with Crippen LogP contribution in [-0.4, -0.2) is 36.1 Å². The van der Waals surface area contributed by atoms with E-state index in [9.17, 15) is 0 Å². The molecule has 1 aliphatic carbocycles. The van der Waals surface area contributed by atoms with Gasteiger partial charge in [0.1, 0.15) is 0 Å². The summed E-state index contributed by atoms with van der Waals surface area (Å²) < 4.78 is 0. The number of hydrogen-bond acceptors (Lipinski definition) is 2.